The molecule has 6 nitrogen and oxygen atoms in total. The number of benzene rings is 1. The van der Waals surface area contributed by atoms with Gasteiger partial charge in [0.05, 0.1) is 12.3 Å². The van der Waals surface area contributed by atoms with Crippen molar-refractivity contribution in [1.82, 2.24) is 15.4 Å². The summed E-state index contributed by atoms with van der Waals surface area (Å²) < 4.78 is 26.8. The van der Waals surface area contributed by atoms with Crippen molar-refractivity contribution < 1.29 is 8.42 Å². The van der Waals surface area contributed by atoms with Crippen molar-refractivity contribution in [3.63, 3.8) is 0 Å². The van der Waals surface area contributed by atoms with E-state index in [1.165, 1.54) is 18.6 Å². The van der Waals surface area contributed by atoms with Gasteiger partial charge in [0.1, 0.15) is 0 Å². The van der Waals surface area contributed by atoms with Crippen LogP contribution in [-0.2, 0) is 16.6 Å². The number of nitrogens with one attached hydrogen (secondary N) is 3. The van der Waals surface area contributed by atoms with Gasteiger partial charge in [0, 0.05) is 24.9 Å². The quantitative estimate of drug-likeness (QED) is 0.445. The van der Waals surface area contributed by atoms with E-state index in [0.29, 0.717) is 24.3 Å². The number of hydrogen-bond acceptors (Lipinski definition) is 4. The zero-order valence-corrected chi connectivity index (χ0v) is 16.3. The molecule has 0 bridgehead atoms. The van der Waals surface area contributed by atoms with Gasteiger partial charge in [0.25, 0.3) is 0 Å². The Kier molecular flexibility index (Phi) is 8.57. The standard InChI is InChI=1S/C17H28N4O2S2/c1-2-18-17(20-14-16-9-6-11-24-16)19-10-12-25(22,23)21-13-15-7-4-3-5-8-15/h3-5,7-8,16,21H,2,6,9-14H2,1H3,(H2,18,19,20). The van der Waals surface area contributed by atoms with Crippen LogP contribution >= 0.6 is 11.8 Å². The fraction of sp³-hybridized carbons (Fsp3) is 0.588. The number of hydrogen-bond donors (Lipinski definition) is 3. The van der Waals surface area contributed by atoms with Gasteiger partial charge in [-0.3, -0.25) is 4.99 Å². The summed E-state index contributed by atoms with van der Waals surface area (Å²) in [6, 6.07) is 9.50. The van der Waals surface area contributed by atoms with Crippen LogP contribution in [0.2, 0.25) is 0 Å². The van der Waals surface area contributed by atoms with Crippen LogP contribution in [0, 0.1) is 0 Å². The first-order chi connectivity index (χ1) is 12.1. The molecule has 1 aliphatic heterocycles. The molecule has 3 N–H and O–H groups in total. The highest BCUT2D eigenvalue weighted by molar-refractivity contribution is 8.00. The van der Waals surface area contributed by atoms with E-state index in [0.717, 1.165) is 18.7 Å². The molecule has 1 heterocycles. The minimum absolute atomic E-state index is 0.0163. The van der Waals surface area contributed by atoms with Gasteiger partial charge >= 0.3 is 0 Å². The molecule has 0 aromatic heterocycles. The molecule has 2 rings (SSSR count). The molecule has 8 heteroatoms. The molecule has 1 aromatic rings. The third-order valence-electron chi connectivity index (χ3n) is 3.82. The molecule has 0 amide bonds. The zero-order chi connectivity index (χ0) is 18.0. The molecular weight excluding hydrogens is 356 g/mol. The first-order valence-electron chi connectivity index (χ1n) is 8.74. The number of rotatable bonds is 9. The Bertz CT molecular complexity index is 629. The average molecular weight is 385 g/mol. The molecule has 1 unspecified atom stereocenters. The number of sulfonamides is 1. The Labute approximate surface area is 155 Å². The van der Waals surface area contributed by atoms with Gasteiger partial charge in [0.15, 0.2) is 5.96 Å². The van der Waals surface area contributed by atoms with Crippen molar-refractivity contribution in [2.45, 2.75) is 31.6 Å². The molecule has 1 atom stereocenters. The van der Waals surface area contributed by atoms with Gasteiger partial charge in [0.2, 0.25) is 10.0 Å². The van der Waals surface area contributed by atoms with Crippen LogP contribution in [0.5, 0.6) is 0 Å². The van der Waals surface area contributed by atoms with E-state index in [1.54, 1.807) is 0 Å². The summed E-state index contributed by atoms with van der Waals surface area (Å²) in [5.74, 6) is 1.92. The maximum Gasteiger partial charge on any atom is 0.213 e. The van der Waals surface area contributed by atoms with Crippen molar-refractivity contribution in [1.29, 1.82) is 0 Å². The number of nitrogens with zero attached hydrogens (tertiary/aromatic N) is 1. The van der Waals surface area contributed by atoms with Crippen molar-refractivity contribution in [2.75, 3.05) is 31.1 Å². The van der Waals surface area contributed by atoms with Crippen LogP contribution < -0.4 is 15.4 Å². The molecule has 0 saturated carbocycles. The molecule has 1 aromatic carbocycles. The van der Waals surface area contributed by atoms with Gasteiger partial charge in [-0.15, -0.1) is 0 Å². The summed E-state index contributed by atoms with van der Waals surface area (Å²) in [5, 5.41) is 6.86. The van der Waals surface area contributed by atoms with Crippen molar-refractivity contribution in [3.05, 3.63) is 35.9 Å². The Balaban J connectivity index is 1.74. The Morgan fingerprint density at radius 1 is 1.28 bits per heavy atom. The highest BCUT2D eigenvalue weighted by Gasteiger charge is 2.15. The molecular formula is C17H28N4O2S2. The van der Waals surface area contributed by atoms with E-state index < -0.39 is 10.0 Å². The van der Waals surface area contributed by atoms with E-state index in [1.807, 2.05) is 49.0 Å². The number of thioether (sulfide) groups is 1. The third-order valence-corrected chi connectivity index (χ3v) is 6.53. The lowest BCUT2D eigenvalue weighted by atomic mass is 10.2. The second-order valence-corrected chi connectivity index (χ2v) is 9.24. The predicted octanol–water partition coefficient (Wildman–Crippen LogP) is 1.56. The highest BCUT2D eigenvalue weighted by atomic mass is 32.2. The summed E-state index contributed by atoms with van der Waals surface area (Å²) in [4.78, 5) is 4.57. The average Bonchev–Trinajstić information content (AvgIpc) is 3.12. The SMILES string of the molecule is CCNC(=NCC1CCCS1)NCCS(=O)(=O)NCc1ccccc1. The lowest BCUT2D eigenvalue weighted by Crippen LogP contribution is -2.41. The molecule has 1 fully saturated rings. The van der Waals surface area contributed by atoms with Gasteiger partial charge in [-0.25, -0.2) is 13.1 Å². The largest absolute Gasteiger partial charge is 0.357 e. The normalized spacial score (nSPS) is 18.3. The van der Waals surface area contributed by atoms with Crippen molar-refractivity contribution in [2.24, 2.45) is 4.99 Å². The van der Waals surface area contributed by atoms with Crippen LogP contribution in [0.3, 0.4) is 0 Å². The van der Waals surface area contributed by atoms with Crippen LogP contribution in [0.25, 0.3) is 0 Å². The monoisotopic (exact) mass is 384 g/mol. The molecule has 0 aliphatic carbocycles. The fourth-order valence-corrected chi connectivity index (χ4v) is 4.57. The van der Waals surface area contributed by atoms with E-state index in [2.05, 4.69) is 20.3 Å². The summed E-state index contributed by atoms with van der Waals surface area (Å²) >= 11 is 1.97. The zero-order valence-electron chi connectivity index (χ0n) is 14.7. The number of aliphatic imine (C=N–C) groups is 1. The predicted molar refractivity (Wildman–Crippen MR) is 107 cm³/mol. The minimum Gasteiger partial charge on any atom is -0.357 e. The molecule has 25 heavy (non-hydrogen) atoms. The van der Waals surface area contributed by atoms with Gasteiger partial charge in [-0.2, -0.15) is 11.8 Å². The maximum absolute atomic E-state index is 12.1. The molecule has 0 radical (unpaired) electrons. The summed E-state index contributed by atoms with van der Waals surface area (Å²) in [7, 11) is -3.32. The van der Waals surface area contributed by atoms with Crippen LogP contribution in [0.1, 0.15) is 25.3 Å². The number of guanidine groups is 1. The van der Waals surface area contributed by atoms with Gasteiger partial charge in [-0.05, 0) is 31.1 Å². The lowest BCUT2D eigenvalue weighted by molar-refractivity contribution is 0.580. The minimum atomic E-state index is -3.32. The van der Waals surface area contributed by atoms with E-state index in [4.69, 9.17) is 0 Å². The first kappa shape index (κ1) is 20.1. The first-order valence-corrected chi connectivity index (χ1v) is 11.4. The molecule has 1 saturated heterocycles. The lowest BCUT2D eigenvalue weighted by Gasteiger charge is -2.13. The Hall–Kier alpha value is -1.25. The molecule has 140 valence electrons. The van der Waals surface area contributed by atoms with Crippen LogP contribution in [0.15, 0.2) is 35.3 Å². The third kappa shape index (κ3) is 8.11. The Morgan fingerprint density at radius 2 is 2.08 bits per heavy atom. The molecule has 1 aliphatic rings. The fourth-order valence-electron chi connectivity index (χ4n) is 2.49. The summed E-state index contributed by atoms with van der Waals surface area (Å²) in [6.07, 6.45) is 2.48. The van der Waals surface area contributed by atoms with Crippen LogP contribution in [0.4, 0.5) is 0 Å². The van der Waals surface area contributed by atoms with E-state index in [-0.39, 0.29) is 5.75 Å². The molecule has 0 spiro atoms. The summed E-state index contributed by atoms with van der Waals surface area (Å²) in [5.41, 5.74) is 0.947. The van der Waals surface area contributed by atoms with Crippen molar-refractivity contribution in [3.8, 4) is 0 Å². The topological polar surface area (TPSA) is 82.6 Å². The second-order valence-electron chi connectivity index (χ2n) is 5.91. The van der Waals surface area contributed by atoms with Gasteiger partial charge < -0.3 is 10.6 Å². The van der Waals surface area contributed by atoms with E-state index in [9.17, 15) is 8.42 Å². The second kappa shape index (κ2) is 10.7. The van der Waals surface area contributed by atoms with Crippen LogP contribution in [-0.4, -0.2) is 50.8 Å². The summed E-state index contributed by atoms with van der Waals surface area (Å²) in [6.45, 7) is 4.17. The van der Waals surface area contributed by atoms with Crippen molar-refractivity contribution >= 4 is 27.7 Å². The van der Waals surface area contributed by atoms with E-state index >= 15 is 0 Å². The highest BCUT2D eigenvalue weighted by Crippen LogP contribution is 2.25. The Morgan fingerprint density at radius 3 is 2.76 bits per heavy atom. The maximum atomic E-state index is 12.1. The van der Waals surface area contributed by atoms with Gasteiger partial charge in [-0.1, -0.05) is 30.3 Å². The smallest absolute Gasteiger partial charge is 0.213 e.